The summed E-state index contributed by atoms with van der Waals surface area (Å²) in [4.78, 5) is 28.6. The number of aromatic nitrogens is 1. The van der Waals surface area contributed by atoms with E-state index in [4.69, 9.17) is 9.47 Å². The van der Waals surface area contributed by atoms with Gasteiger partial charge in [0.05, 0.1) is 17.9 Å². The molecule has 1 aromatic carbocycles. The standard InChI is InChI=1S/C18H20N2O4S2/c1-2-3-6-19-17(22)8-13-9-25-18(20-13)26-10-14(21)12-4-5-15-16(7-12)24-11-23-15/h4-5,7,9H,2-3,6,8,10-11H2,1H3,(H,19,22). The number of hydrogen-bond donors (Lipinski definition) is 1. The molecular formula is C18H20N2O4S2. The highest BCUT2D eigenvalue weighted by molar-refractivity contribution is 8.01. The smallest absolute Gasteiger partial charge is 0.231 e. The number of thioether (sulfide) groups is 1. The van der Waals surface area contributed by atoms with Gasteiger partial charge in [-0.3, -0.25) is 9.59 Å². The Kier molecular flexibility index (Phi) is 6.51. The summed E-state index contributed by atoms with van der Waals surface area (Å²) in [6.45, 7) is 2.97. The fourth-order valence-corrected chi connectivity index (χ4v) is 4.09. The summed E-state index contributed by atoms with van der Waals surface area (Å²) < 4.78 is 11.3. The minimum atomic E-state index is -0.0169. The zero-order valence-electron chi connectivity index (χ0n) is 14.4. The van der Waals surface area contributed by atoms with E-state index in [0.717, 1.165) is 22.9 Å². The van der Waals surface area contributed by atoms with E-state index in [1.807, 2.05) is 5.38 Å². The highest BCUT2D eigenvalue weighted by Crippen LogP contribution is 2.33. The van der Waals surface area contributed by atoms with Crippen LogP contribution in [0.5, 0.6) is 11.5 Å². The maximum absolute atomic E-state index is 12.3. The summed E-state index contributed by atoms with van der Waals surface area (Å²) in [5.41, 5.74) is 1.33. The van der Waals surface area contributed by atoms with Gasteiger partial charge in [0.1, 0.15) is 0 Å². The first-order valence-electron chi connectivity index (χ1n) is 8.42. The monoisotopic (exact) mass is 392 g/mol. The summed E-state index contributed by atoms with van der Waals surface area (Å²) in [7, 11) is 0. The second-order valence-corrected chi connectivity index (χ2v) is 7.85. The van der Waals surface area contributed by atoms with Crippen LogP contribution in [0.4, 0.5) is 0 Å². The van der Waals surface area contributed by atoms with E-state index in [9.17, 15) is 9.59 Å². The number of nitrogens with zero attached hydrogens (tertiary/aromatic N) is 1. The molecule has 2 aromatic rings. The normalized spacial score (nSPS) is 12.2. The van der Waals surface area contributed by atoms with Crippen molar-refractivity contribution >= 4 is 34.8 Å². The van der Waals surface area contributed by atoms with Crippen molar-refractivity contribution in [2.24, 2.45) is 0 Å². The average Bonchev–Trinajstić information content (AvgIpc) is 3.28. The second-order valence-electron chi connectivity index (χ2n) is 5.76. The lowest BCUT2D eigenvalue weighted by Gasteiger charge is -2.02. The van der Waals surface area contributed by atoms with E-state index < -0.39 is 0 Å². The number of amides is 1. The van der Waals surface area contributed by atoms with Gasteiger partial charge in [0.15, 0.2) is 21.6 Å². The highest BCUT2D eigenvalue weighted by atomic mass is 32.2. The Hall–Kier alpha value is -2.06. The minimum Gasteiger partial charge on any atom is -0.454 e. The van der Waals surface area contributed by atoms with Gasteiger partial charge < -0.3 is 14.8 Å². The molecule has 1 aromatic heterocycles. The predicted molar refractivity (Wildman–Crippen MR) is 101 cm³/mol. The molecule has 0 unspecified atom stereocenters. The van der Waals surface area contributed by atoms with E-state index >= 15 is 0 Å². The van der Waals surface area contributed by atoms with Gasteiger partial charge in [0.2, 0.25) is 12.7 Å². The largest absolute Gasteiger partial charge is 0.454 e. The van der Waals surface area contributed by atoms with Crippen LogP contribution in [0.25, 0.3) is 0 Å². The minimum absolute atomic E-state index is 0.00218. The number of ether oxygens (including phenoxy) is 2. The average molecular weight is 393 g/mol. The molecule has 0 aliphatic carbocycles. The lowest BCUT2D eigenvalue weighted by atomic mass is 10.1. The van der Waals surface area contributed by atoms with Crippen molar-refractivity contribution in [2.75, 3.05) is 19.1 Å². The summed E-state index contributed by atoms with van der Waals surface area (Å²) >= 11 is 2.83. The fraction of sp³-hybridized carbons (Fsp3) is 0.389. The van der Waals surface area contributed by atoms with Crippen LogP contribution in [-0.4, -0.2) is 35.8 Å². The van der Waals surface area contributed by atoms with E-state index in [1.165, 1.54) is 23.1 Å². The van der Waals surface area contributed by atoms with Crippen molar-refractivity contribution < 1.29 is 19.1 Å². The molecule has 0 fully saturated rings. The third kappa shape index (κ3) is 4.98. The van der Waals surface area contributed by atoms with Crippen molar-refractivity contribution in [1.29, 1.82) is 0 Å². The van der Waals surface area contributed by atoms with Crippen LogP contribution in [0.3, 0.4) is 0 Å². The number of rotatable bonds is 9. The SMILES string of the molecule is CCCCNC(=O)Cc1csc(SCC(=O)c2ccc3c(c2)OCO3)n1. The Labute approximate surface area is 160 Å². The molecule has 0 bridgehead atoms. The molecule has 0 saturated heterocycles. The van der Waals surface area contributed by atoms with Crippen molar-refractivity contribution in [2.45, 2.75) is 30.5 Å². The molecule has 8 heteroatoms. The second kappa shape index (κ2) is 9.05. The van der Waals surface area contributed by atoms with Gasteiger partial charge in [-0.1, -0.05) is 25.1 Å². The van der Waals surface area contributed by atoms with Crippen LogP contribution in [0.1, 0.15) is 35.8 Å². The molecule has 2 heterocycles. The Balaban J connectivity index is 1.48. The molecule has 0 spiro atoms. The van der Waals surface area contributed by atoms with Crippen molar-refractivity contribution in [3.63, 3.8) is 0 Å². The summed E-state index contributed by atoms with van der Waals surface area (Å²) in [5.74, 6) is 1.54. The molecule has 26 heavy (non-hydrogen) atoms. The number of ketones is 1. The number of benzene rings is 1. The number of carbonyl (C=O) groups is 2. The molecule has 1 aliphatic rings. The van der Waals surface area contributed by atoms with Crippen LogP contribution in [0.2, 0.25) is 0 Å². The quantitative estimate of drug-likeness (QED) is 0.401. The lowest BCUT2D eigenvalue weighted by Crippen LogP contribution is -2.26. The maximum atomic E-state index is 12.3. The molecule has 0 radical (unpaired) electrons. The topological polar surface area (TPSA) is 77.5 Å². The molecule has 0 saturated carbocycles. The van der Waals surface area contributed by atoms with Crippen molar-refractivity contribution in [3.8, 4) is 11.5 Å². The molecule has 138 valence electrons. The van der Waals surface area contributed by atoms with Crippen molar-refractivity contribution in [3.05, 3.63) is 34.8 Å². The molecule has 3 rings (SSSR count). The van der Waals surface area contributed by atoms with Gasteiger partial charge >= 0.3 is 0 Å². The van der Waals surface area contributed by atoms with Gasteiger partial charge in [-0.25, -0.2) is 4.98 Å². The third-order valence-electron chi connectivity index (χ3n) is 3.75. The Morgan fingerprint density at radius 3 is 3.00 bits per heavy atom. The van der Waals surface area contributed by atoms with Crippen molar-refractivity contribution in [1.82, 2.24) is 10.3 Å². The number of fused-ring (bicyclic) bond motifs is 1. The first kappa shape index (κ1) is 18.7. The molecule has 1 N–H and O–H groups in total. The fourth-order valence-electron chi connectivity index (χ4n) is 2.35. The molecule has 0 atom stereocenters. The van der Waals surface area contributed by atoms with Gasteiger partial charge in [0, 0.05) is 17.5 Å². The van der Waals surface area contributed by atoms with E-state index in [0.29, 0.717) is 23.6 Å². The third-order valence-corrected chi connectivity index (χ3v) is 5.82. The van der Waals surface area contributed by atoms with Gasteiger partial charge in [-0.15, -0.1) is 11.3 Å². The molecular weight excluding hydrogens is 372 g/mol. The Morgan fingerprint density at radius 1 is 1.31 bits per heavy atom. The summed E-state index contributed by atoms with van der Waals surface area (Å²) in [5, 5.41) is 4.74. The number of nitrogens with one attached hydrogen (secondary N) is 1. The van der Waals surface area contributed by atoms with Crippen LogP contribution < -0.4 is 14.8 Å². The van der Waals surface area contributed by atoms with Gasteiger partial charge in [0.25, 0.3) is 0 Å². The number of thiazole rings is 1. The highest BCUT2D eigenvalue weighted by Gasteiger charge is 2.17. The first-order valence-corrected chi connectivity index (χ1v) is 10.3. The van der Waals surface area contributed by atoms with Crippen LogP contribution in [-0.2, 0) is 11.2 Å². The predicted octanol–water partition coefficient (Wildman–Crippen LogP) is 3.31. The first-order chi connectivity index (χ1) is 12.7. The van der Waals surface area contributed by atoms with Crippen LogP contribution >= 0.6 is 23.1 Å². The number of carbonyl (C=O) groups excluding carboxylic acids is 2. The van der Waals surface area contributed by atoms with Crippen LogP contribution in [0, 0.1) is 0 Å². The van der Waals surface area contributed by atoms with E-state index in [2.05, 4.69) is 17.2 Å². The Morgan fingerprint density at radius 2 is 2.15 bits per heavy atom. The maximum Gasteiger partial charge on any atom is 0.231 e. The zero-order chi connectivity index (χ0) is 18.4. The van der Waals surface area contributed by atoms with Crippen LogP contribution in [0.15, 0.2) is 27.9 Å². The zero-order valence-corrected chi connectivity index (χ0v) is 16.1. The summed E-state index contributed by atoms with van der Waals surface area (Å²) in [6, 6.07) is 5.20. The number of Topliss-reactive ketones (excluding diaryl/α,β-unsaturated/α-hetero) is 1. The number of hydrogen-bond acceptors (Lipinski definition) is 7. The summed E-state index contributed by atoms with van der Waals surface area (Å²) in [6.07, 6.45) is 2.30. The Bertz CT molecular complexity index is 791. The molecule has 1 amide bonds. The number of unbranched alkanes of at least 4 members (excludes halogenated alkanes) is 1. The van der Waals surface area contributed by atoms with E-state index in [-0.39, 0.29) is 30.7 Å². The van der Waals surface area contributed by atoms with Gasteiger partial charge in [-0.05, 0) is 24.6 Å². The lowest BCUT2D eigenvalue weighted by molar-refractivity contribution is -0.120. The van der Waals surface area contributed by atoms with E-state index in [1.54, 1.807) is 18.2 Å². The van der Waals surface area contributed by atoms with Gasteiger partial charge in [-0.2, -0.15) is 0 Å². The molecule has 6 nitrogen and oxygen atoms in total. The molecule has 1 aliphatic heterocycles.